The van der Waals surface area contributed by atoms with Crippen molar-refractivity contribution in [3.63, 3.8) is 0 Å². The van der Waals surface area contributed by atoms with Crippen LogP contribution in [0.3, 0.4) is 0 Å². The van der Waals surface area contributed by atoms with Gasteiger partial charge in [0.15, 0.2) is 0 Å². The zero-order valence-electron chi connectivity index (χ0n) is 13.8. The second kappa shape index (κ2) is 21.0. The summed E-state index contributed by atoms with van der Waals surface area (Å²) in [5, 5.41) is 0. The molecule has 0 N–H and O–H groups in total. The molecule has 0 atom stereocenters. The van der Waals surface area contributed by atoms with E-state index in [1.54, 1.807) is 0 Å². The van der Waals surface area contributed by atoms with E-state index < -0.39 is 0 Å². The van der Waals surface area contributed by atoms with Gasteiger partial charge in [-0.2, -0.15) is 6.42 Å². The summed E-state index contributed by atoms with van der Waals surface area (Å²) in [5.74, 6) is 0. The van der Waals surface area contributed by atoms with E-state index in [2.05, 4.69) is 26.0 Å². The van der Waals surface area contributed by atoms with E-state index in [1.165, 1.54) is 83.5 Å². The van der Waals surface area contributed by atoms with Gasteiger partial charge in [-0.1, -0.05) is 76.9 Å². The first-order valence-electron chi connectivity index (χ1n) is 8.36. The van der Waals surface area contributed by atoms with Gasteiger partial charge in [0.25, 0.3) is 0 Å². The summed E-state index contributed by atoms with van der Waals surface area (Å²) >= 11 is 0. The largest absolute Gasteiger partial charge is 1.00 e. The van der Waals surface area contributed by atoms with Crippen LogP contribution >= 0.6 is 0 Å². The van der Waals surface area contributed by atoms with Crippen LogP contribution in [0.5, 0.6) is 0 Å². The third-order valence-corrected chi connectivity index (χ3v) is 3.51. The van der Waals surface area contributed by atoms with Gasteiger partial charge in [0.05, 0.1) is 0 Å². The molecule has 0 aromatic heterocycles. The second-order valence-corrected chi connectivity index (χ2v) is 5.44. The maximum absolute atomic E-state index is 3.87. The third kappa shape index (κ3) is 21.2. The van der Waals surface area contributed by atoms with Gasteiger partial charge in [-0.15, -0.1) is 0 Å². The zero-order chi connectivity index (χ0) is 13.3. The fraction of sp³-hybridized carbons (Fsp3) is 0.833. The molecule has 0 aliphatic carbocycles. The minimum Gasteiger partial charge on any atom is -0.343 e. The fourth-order valence-corrected chi connectivity index (χ4v) is 2.25. The zero-order valence-corrected chi connectivity index (χ0v) is 15.8. The SMILES string of the molecule is [CH2-]CCCCCCC/C=C\CCCCCCCC.[Na+]. The van der Waals surface area contributed by atoms with Crippen molar-refractivity contribution in [1.82, 2.24) is 0 Å². The van der Waals surface area contributed by atoms with Crippen LogP contribution in [0.25, 0.3) is 0 Å². The molecular formula is C18H35Na. The van der Waals surface area contributed by atoms with E-state index >= 15 is 0 Å². The van der Waals surface area contributed by atoms with Gasteiger partial charge in [0.1, 0.15) is 0 Å². The first-order chi connectivity index (χ1) is 8.91. The van der Waals surface area contributed by atoms with Crippen LogP contribution in [0.4, 0.5) is 0 Å². The Labute approximate surface area is 145 Å². The molecule has 0 saturated heterocycles. The molecule has 0 nitrogen and oxygen atoms in total. The predicted molar refractivity (Wildman–Crippen MR) is 84.8 cm³/mol. The van der Waals surface area contributed by atoms with Gasteiger partial charge in [-0.3, -0.25) is 0 Å². The molecule has 0 aromatic carbocycles. The van der Waals surface area contributed by atoms with Crippen molar-refractivity contribution >= 4 is 0 Å². The van der Waals surface area contributed by atoms with Crippen molar-refractivity contribution < 1.29 is 29.6 Å². The minimum atomic E-state index is 0. The fourth-order valence-electron chi connectivity index (χ4n) is 2.25. The average Bonchev–Trinajstić information content (AvgIpc) is 2.39. The summed E-state index contributed by atoms with van der Waals surface area (Å²) in [7, 11) is 0. The Morgan fingerprint density at radius 2 is 1.05 bits per heavy atom. The van der Waals surface area contributed by atoms with E-state index in [0.717, 1.165) is 6.42 Å². The van der Waals surface area contributed by atoms with E-state index in [9.17, 15) is 0 Å². The van der Waals surface area contributed by atoms with Gasteiger partial charge >= 0.3 is 29.6 Å². The topological polar surface area (TPSA) is 0 Å². The van der Waals surface area contributed by atoms with Crippen LogP contribution in [0.2, 0.25) is 0 Å². The molecule has 0 rings (SSSR count). The molecule has 0 fully saturated rings. The van der Waals surface area contributed by atoms with Crippen molar-refractivity contribution in [3.05, 3.63) is 19.1 Å². The molecule has 1 heteroatoms. The van der Waals surface area contributed by atoms with Gasteiger partial charge in [-0.05, 0) is 25.7 Å². The maximum Gasteiger partial charge on any atom is 1.00 e. The van der Waals surface area contributed by atoms with Gasteiger partial charge in [-0.25, -0.2) is 0 Å². The smallest absolute Gasteiger partial charge is 0.343 e. The van der Waals surface area contributed by atoms with E-state index in [-0.39, 0.29) is 29.6 Å². The molecule has 0 radical (unpaired) electrons. The van der Waals surface area contributed by atoms with Crippen molar-refractivity contribution in [2.45, 2.75) is 96.8 Å². The number of hydrogen-bond donors (Lipinski definition) is 0. The van der Waals surface area contributed by atoms with Gasteiger partial charge in [0, 0.05) is 0 Å². The van der Waals surface area contributed by atoms with Gasteiger partial charge < -0.3 is 6.92 Å². The normalized spacial score (nSPS) is 10.8. The predicted octanol–water partition coefficient (Wildman–Crippen LogP) is 3.86. The number of rotatable bonds is 14. The Hall–Kier alpha value is 0.740. The Balaban J connectivity index is 0. The molecule has 0 heterocycles. The molecule has 0 aliphatic rings. The summed E-state index contributed by atoms with van der Waals surface area (Å²) in [5.41, 5.74) is 0. The summed E-state index contributed by atoms with van der Waals surface area (Å²) < 4.78 is 0. The van der Waals surface area contributed by atoms with Crippen molar-refractivity contribution in [3.8, 4) is 0 Å². The first-order valence-corrected chi connectivity index (χ1v) is 8.36. The molecule has 0 aliphatic heterocycles. The first kappa shape index (κ1) is 22.0. The van der Waals surface area contributed by atoms with E-state index in [0.29, 0.717) is 0 Å². The molecule has 0 aromatic rings. The van der Waals surface area contributed by atoms with Crippen LogP contribution in [0, 0.1) is 6.92 Å². The molecule has 0 amide bonds. The van der Waals surface area contributed by atoms with Crippen LogP contribution in [-0.2, 0) is 0 Å². The molecule has 0 unspecified atom stereocenters. The molecular weight excluding hydrogens is 239 g/mol. The van der Waals surface area contributed by atoms with Crippen molar-refractivity contribution in [1.29, 1.82) is 0 Å². The Kier molecular flexibility index (Phi) is 24.4. The third-order valence-electron chi connectivity index (χ3n) is 3.51. The molecule has 0 spiro atoms. The average molecular weight is 274 g/mol. The quantitative estimate of drug-likeness (QED) is 0.195. The number of unbranched alkanes of at least 4 members (excludes halogenated alkanes) is 12. The van der Waals surface area contributed by atoms with E-state index in [1.807, 2.05) is 0 Å². The Morgan fingerprint density at radius 1 is 0.632 bits per heavy atom. The van der Waals surface area contributed by atoms with Crippen LogP contribution < -0.4 is 29.6 Å². The van der Waals surface area contributed by atoms with Crippen molar-refractivity contribution in [2.24, 2.45) is 0 Å². The molecule has 19 heavy (non-hydrogen) atoms. The Morgan fingerprint density at radius 3 is 1.53 bits per heavy atom. The maximum atomic E-state index is 3.87. The van der Waals surface area contributed by atoms with E-state index in [4.69, 9.17) is 0 Å². The van der Waals surface area contributed by atoms with Crippen molar-refractivity contribution in [2.75, 3.05) is 0 Å². The monoisotopic (exact) mass is 274 g/mol. The summed E-state index contributed by atoms with van der Waals surface area (Å²) in [4.78, 5) is 0. The van der Waals surface area contributed by atoms with Gasteiger partial charge in [0.2, 0.25) is 0 Å². The summed E-state index contributed by atoms with van der Waals surface area (Å²) in [6.45, 7) is 6.15. The Bertz CT molecular complexity index is 145. The number of hydrogen-bond acceptors (Lipinski definition) is 0. The molecule has 0 saturated carbocycles. The summed E-state index contributed by atoms with van der Waals surface area (Å²) in [6, 6.07) is 0. The molecule has 0 bridgehead atoms. The number of allylic oxidation sites excluding steroid dienone is 2. The standard InChI is InChI=1S/C18H35.Na/c1-3-5-7-9-11-13-15-17-18-16-14-12-10-8-6-4-2;/h17-18H,1,3-16H2,2H3;/q-1;+1/b18-17-;. The molecule has 108 valence electrons. The van der Waals surface area contributed by atoms with Crippen LogP contribution in [0.15, 0.2) is 12.2 Å². The van der Waals surface area contributed by atoms with Crippen LogP contribution in [-0.4, -0.2) is 0 Å². The van der Waals surface area contributed by atoms with Crippen LogP contribution in [0.1, 0.15) is 96.8 Å². The summed E-state index contributed by atoms with van der Waals surface area (Å²) in [6.07, 6.45) is 23.8. The second-order valence-electron chi connectivity index (χ2n) is 5.44. The minimum absolute atomic E-state index is 0.